The molecule has 0 saturated carbocycles. The lowest BCUT2D eigenvalue weighted by molar-refractivity contribution is -0.124. The van der Waals surface area contributed by atoms with E-state index in [2.05, 4.69) is 5.32 Å². The molecule has 0 radical (unpaired) electrons. The second-order valence-corrected chi connectivity index (χ2v) is 7.17. The molecular formula is C23H28N2O4. The lowest BCUT2D eigenvalue weighted by Crippen LogP contribution is -2.36. The number of para-hydroxylation sites is 1. The standard InChI is InChI=1S/C23H28N2O4/c1-28-14-8-13-24-22(26)20-16-25(23(27)17-9-4-3-5-10-17)15-19(20)18-11-6-7-12-21(18)29-2/h3-7,9-12,19-20H,8,13-16H2,1-2H3,(H,24,26)/t19-,20-/m0/s1. The number of nitrogens with one attached hydrogen (secondary N) is 1. The fraction of sp³-hybridized carbons (Fsp3) is 0.391. The zero-order chi connectivity index (χ0) is 20.6. The molecule has 1 heterocycles. The van der Waals surface area contributed by atoms with Crippen molar-refractivity contribution >= 4 is 11.8 Å². The van der Waals surface area contributed by atoms with Gasteiger partial charge in [-0.05, 0) is 30.2 Å². The third kappa shape index (κ3) is 4.95. The molecule has 0 spiro atoms. The first kappa shape index (κ1) is 20.9. The van der Waals surface area contributed by atoms with Crippen LogP contribution >= 0.6 is 0 Å². The molecule has 3 rings (SSSR count). The third-order valence-corrected chi connectivity index (χ3v) is 5.33. The van der Waals surface area contributed by atoms with Crippen LogP contribution in [0, 0.1) is 5.92 Å². The zero-order valence-corrected chi connectivity index (χ0v) is 17.0. The van der Waals surface area contributed by atoms with Crippen LogP contribution in [0.2, 0.25) is 0 Å². The first-order valence-corrected chi connectivity index (χ1v) is 9.89. The van der Waals surface area contributed by atoms with Gasteiger partial charge < -0.3 is 19.7 Å². The summed E-state index contributed by atoms with van der Waals surface area (Å²) in [5, 5.41) is 3.00. The number of hydrogen-bond acceptors (Lipinski definition) is 4. The summed E-state index contributed by atoms with van der Waals surface area (Å²) in [5.41, 5.74) is 1.59. The zero-order valence-electron chi connectivity index (χ0n) is 17.0. The van der Waals surface area contributed by atoms with E-state index >= 15 is 0 Å². The molecule has 154 valence electrons. The number of rotatable bonds is 8. The normalized spacial score (nSPS) is 18.5. The summed E-state index contributed by atoms with van der Waals surface area (Å²) in [7, 11) is 3.27. The summed E-state index contributed by atoms with van der Waals surface area (Å²) in [6.45, 7) is 2.00. The molecule has 0 aromatic heterocycles. The van der Waals surface area contributed by atoms with E-state index in [1.807, 2.05) is 42.5 Å². The Morgan fingerprint density at radius 1 is 1.03 bits per heavy atom. The molecule has 6 heteroatoms. The maximum atomic E-state index is 13.0. The topological polar surface area (TPSA) is 67.9 Å². The molecule has 1 saturated heterocycles. The van der Waals surface area contributed by atoms with Crippen LogP contribution in [0.5, 0.6) is 5.75 Å². The molecule has 1 N–H and O–H groups in total. The average molecular weight is 396 g/mol. The average Bonchev–Trinajstić information content (AvgIpc) is 3.22. The van der Waals surface area contributed by atoms with Gasteiger partial charge in [0.15, 0.2) is 0 Å². The highest BCUT2D eigenvalue weighted by molar-refractivity contribution is 5.95. The maximum Gasteiger partial charge on any atom is 0.253 e. The fourth-order valence-corrected chi connectivity index (χ4v) is 3.85. The largest absolute Gasteiger partial charge is 0.496 e. The summed E-state index contributed by atoms with van der Waals surface area (Å²) < 4.78 is 10.6. The van der Waals surface area contributed by atoms with Crippen molar-refractivity contribution in [3.05, 3.63) is 65.7 Å². The number of carbonyl (C=O) groups excluding carboxylic acids is 2. The van der Waals surface area contributed by atoms with Crippen molar-refractivity contribution < 1.29 is 19.1 Å². The minimum absolute atomic E-state index is 0.0413. The second kappa shape index (κ2) is 10.1. The lowest BCUT2D eigenvalue weighted by Gasteiger charge is -2.20. The van der Waals surface area contributed by atoms with Crippen molar-refractivity contribution in [1.29, 1.82) is 0 Å². The van der Waals surface area contributed by atoms with E-state index in [1.54, 1.807) is 31.3 Å². The van der Waals surface area contributed by atoms with Crippen molar-refractivity contribution in [3.8, 4) is 5.75 Å². The van der Waals surface area contributed by atoms with Gasteiger partial charge in [-0.1, -0.05) is 36.4 Å². The van der Waals surface area contributed by atoms with Crippen LogP contribution < -0.4 is 10.1 Å². The molecule has 2 aromatic carbocycles. The Kier molecular flexibility index (Phi) is 7.25. The summed E-state index contributed by atoms with van der Waals surface area (Å²) >= 11 is 0. The van der Waals surface area contributed by atoms with E-state index in [-0.39, 0.29) is 23.7 Å². The van der Waals surface area contributed by atoms with Crippen LogP contribution in [0.3, 0.4) is 0 Å². The molecule has 0 aliphatic carbocycles. The van der Waals surface area contributed by atoms with Gasteiger partial charge in [0.1, 0.15) is 5.75 Å². The van der Waals surface area contributed by atoms with Gasteiger partial charge >= 0.3 is 0 Å². The highest BCUT2D eigenvalue weighted by Crippen LogP contribution is 2.38. The molecule has 2 aromatic rings. The second-order valence-electron chi connectivity index (χ2n) is 7.17. The van der Waals surface area contributed by atoms with E-state index in [4.69, 9.17) is 9.47 Å². The molecule has 1 aliphatic heterocycles. The number of carbonyl (C=O) groups is 2. The summed E-state index contributed by atoms with van der Waals surface area (Å²) in [4.78, 5) is 27.7. The Morgan fingerprint density at radius 2 is 1.76 bits per heavy atom. The Balaban J connectivity index is 1.82. The van der Waals surface area contributed by atoms with Crippen molar-refractivity contribution in [2.75, 3.05) is 40.5 Å². The highest BCUT2D eigenvalue weighted by Gasteiger charge is 2.41. The van der Waals surface area contributed by atoms with Crippen LogP contribution in [0.4, 0.5) is 0 Å². The number of nitrogens with zero attached hydrogens (tertiary/aromatic N) is 1. The molecule has 2 amide bonds. The summed E-state index contributed by atoms with van der Waals surface area (Å²) in [6, 6.07) is 16.9. The van der Waals surface area contributed by atoms with Gasteiger partial charge in [-0.3, -0.25) is 9.59 Å². The van der Waals surface area contributed by atoms with Gasteiger partial charge in [-0.15, -0.1) is 0 Å². The first-order chi connectivity index (χ1) is 14.2. The van der Waals surface area contributed by atoms with Gasteiger partial charge in [0.25, 0.3) is 5.91 Å². The Labute approximate surface area is 171 Å². The summed E-state index contributed by atoms with van der Waals surface area (Å²) in [5.74, 6) is 0.187. The Hall–Kier alpha value is -2.86. The number of amides is 2. The lowest BCUT2D eigenvalue weighted by atomic mass is 9.87. The number of ether oxygens (including phenoxy) is 2. The highest BCUT2D eigenvalue weighted by atomic mass is 16.5. The minimum Gasteiger partial charge on any atom is -0.496 e. The first-order valence-electron chi connectivity index (χ1n) is 9.89. The molecule has 29 heavy (non-hydrogen) atoms. The van der Waals surface area contributed by atoms with Gasteiger partial charge in [0, 0.05) is 44.8 Å². The number of hydrogen-bond donors (Lipinski definition) is 1. The van der Waals surface area contributed by atoms with Crippen molar-refractivity contribution in [1.82, 2.24) is 10.2 Å². The predicted octanol–water partition coefficient (Wildman–Crippen LogP) is 2.70. The quantitative estimate of drug-likeness (QED) is 0.697. The molecule has 6 nitrogen and oxygen atoms in total. The summed E-state index contributed by atoms with van der Waals surface area (Å²) in [6.07, 6.45) is 0.751. The van der Waals surface area contributed by atoms with E-state index in [0.29, 0.717) is 31.8 Å². The van der Waals surface area contributed by atoms with Crippen LogP contribution in [-0.2, 0) is 9.53 Å². The number of methoxy groups -OCH3 is 2. The van der Waals surface area contributed by atoms with E-state index in [1.165, 1.54) is 0 Å². The number of benzene rings is 2. The monoisotopic (exact) mass is 396 g/mol. The van der Waals surface area contributed by atoms with Gasteiger partial charge in [0.2, 0.25) is 5.91 Å². The predicted molar refractivity (Wildman–Crippen MR) is 111 cm³/mol. The molecule has 1 aliphatic rings. The van der Waals surface area contributed by atoms with E-state index < -0.39 is 0 Å². The van der Waals surface area contributed by atoms with Crippen LogP contribution in [0.25, 0.3) is 0 Å². The van der Waals surface area contributed by atoms with Gasteiger partial charge in [0.05, 0.1) is 13.0 Å². The van der Waals surface area contributed by atoms with Crippen LogP contribution in [0.1, 0.15) is 28.3 Å². The van der Waals surface area contributed by atoms with Crippen molar-refractivity contribution in [2.24, 2.45) is 5.92 Å². The van der Waals surface area contributed by atoms with Gasteiger partial charge in [-0.2, -0.15) is 0 Å². The van der Waals surface area contributed by atoms with E-state index in [9.17, 15) is 9.59 Å². The van der Waals surface area contributed by atoms with Crippen LogP contribution in [-0.4, -0.2) is 57.2 Å². The maximum absolute atomic E-state index is 13.0. The molecule has 2 atom stereocenters. The minimum atomic E-state index is -0.332. The van der Waals surface area contributed by atoms with Gasteiger partial charge in [-0.25, -0.2) is 0 Å². The molecular weight excluding hydrogens is 368 g/mol. The molecule has 0 bridgehead atoms. The number of likely N-dealkylation sites (tertiary alicyclic amines) is 1. The van der Waals surface area contributed by atoms with Crippen molar-refractivity contribution in [2.45, 2.75) is 12.3 Å². The SMILES string of the molecule is COCCCNC(=O)[C@H]1CN(C(=O)c2ccccc2)C[C@H]1c1ccccc1OC. The Morgan fingerprint density at radius 3 is 2.48 bits per heavy atom. The van der Waals surface area contributed by atoms with Crippen LogP contribution in [0.15, 0.2) is 54.6 Å². The fourth-order valence-electron chi connectivity index (χ4n) is 3.85. The van der Waals surface area contributed by atoms with E-state index in [0.717, 1.165) is 17.7 Å². The third-order valence-electron chi connectivity index (χ3n) is 5.33. The molecule has 1 fully saturated rings. The molecule has 0 unspecified atom stereocenters. The smallest absolute Gasteiger partial charge is 0.253 e. The Bertz CT molecular complexity index is 825. The van der Waals surface area contributed by atoms with Crippen molar-refractivity contribution in [3.63, 3.8) is 0 Å².